The van der Waals surface area contributed by atoms with E-state index in [1.807, 2.05) is 31.2 Å². The molecule has 1 atom stereocenters. The van der Waals surface area contributed by atoms with Gasteiger partial charge in [-0.3, -0.25) is 0 Å². The van der Waals surface area contributed by atoms with E-state index < -0.39 is 11.5 Å². The molecule has 1 aliphatic heterocycles. The van der Waals surface area contributed by atoms with Crippen LogP contribution in [0.4, 0.5) is 5.69 Å². The number of carboxylic acid groups (broad SMARTS) is 1. The Hall–Kier alpha value is -1.16. The van der Waals surface area contributed by atoms with Crippen LogP contribution in [0, 0.1) is 12.3 Å². The molecule has 19 heavy (non-hydrogen) atoms. The highest BCUT2D eigenvalue weighted by Crippen LogP contribution is 2.41. The van der Waals surface area contributed by atoms with E-state index >= 15 is 0 Å². The number of thioether (sulfide) groups is 1. The van der Waals surface area contributed by atoms with Gasteiger partial charge in [-0.2, -0.15) is 11.8 Å². The van der Waals surface area contributed by atoms with Gasteiger partial charge in [0.05, 0.1) is 0 Å². The number of nitrogens with one attached hydrogen (secondary N) is 1. The maximum atomic E-state index is 11.8. The Labute approximate surface area is 118 Å². The molecule has 3 nitrogen and oxygen atoms in total. The largest absolute Gasteiger partial charge is 0.479 e. The molecule has 1 saturated heterocycles. The van der Waals surface area contributed by atoms with Crippen molar-refractivity contribution < 1.29 is 9.90 Å². The van der Waals surface area contributed by atoms with Crippen molar-refractivity contribution in [2.75, 3.05) is 16.8 Å². The first kappa shape index (κ1) is 14.3. The fourth-order valence-electron chi connectivity index (χ4n) is 2.69. The topological polar surface area (TPSA) is 49.3 Å². The number of aryl methyl sites for hydroxylation is 1. The molecule has 0 aliphatic carbocycles. The van der Waals surface area contributed by atoms with Gasteiger partial charge in [0.1, 0.15) is 5.54 Å². The van der Waals surface area contributed by atoms with Crippen LogP contribution in [0.2, 0.25) is 0 Å². The number of hydrogen-bond acceptors (Lipinski definition) is 3. The SMILES string of the molecule is Cc1cccc(NC2(C(=O)O)CSCC(C)(C)C2)c1. The second-order valence-electron chi connectivity index (χ2n) is 6.22. The molecule has 1 fully saturated rings. The van der Waals surface area contributed by atoms with Crippen molar-refractivity contribution in [3.8, 4) is 0 Å². The zero-order valence-corrected chi connectivity index (χ0v) is 12.5. The number of anilines is 1. The molecule has 2 rings (SSSR count). The zero-order valence-electron chi connectivity index (χ0n) is 11.7. The molecule has 0 bridgehead atoms. The molecule has 4 heteroatoms. The highest BCUT2D eigenvalue weighted by molar-refractivity contribution is 7.99. The molecule has 0 aromatic heterocycles. The minimum Gasteiger partial charge on any atom is -0.479 e. The lowest BCUT2D eigenvalue weighted by atomic mass is 9.79. The van der Waals surface area contributed by atoms with Crippen LogP contribution in [0.15, 0.2) is 24.3 Å². The van der Waals surface area contributed by atoms with Gasteiger partial charge in [-0.1, -0.05) is 26.0 Å². The van der Waals surface area contributed by atoms with E-state index in [-0.39, 0.29) is 5.41 Å². The summed E-state index contributed by atoms with van der Waals surface area (Å²) in [7, 11) is 0. The Bertz CT molecular complexity index is 487. The van der Waals surface area contributed by atoms with Crippen LogP contribution in [0.25, 0.3) is 0 Å². The first-order valence-corrected chi connectivity index (χ1v) is 7.65. The van der Waals surface area contributed by atoms with E-state index in [9.17, 15) is 9.90 Å². The predicted octanol–water partition coefficient (Wildman–Crippen LogP) is 3.39. The van der Waals surface area contributed by atoms with Crippen LogP contribution < -0.4 is 5.32 Å². The molecule has 1 heterocycles. The van der Waals surface area contributed by atoms with Gasteiger partial charge in [-0.05, 0) is 42.2 Å². The number of carbonyl (C=O) groups is 1. The lowest BCUT2D eigenvalue weighted by Crippen LogP contribution is -2.54. The summed E-state index contributed by atoms with van der Waals surface area (Å²) in [5.74, 6) is 0.867. The Morgan fingerprint density at radius 2 is 2.11 bits per heavy atom. The summed E-state index contributed by atoms with van der Waals surface area (Å²) in [5.41, 5.74) is 1.20. The predicted molar refractivity (Wildman–Crippen MR) is 80.9 cm³/mol. The van der Waals surface area contributed by atoms with Gasteiger partial charge in [0.25, 0.3) is 0 Å². The Morgan fingerprint density at radius 1 is 1.37 bits per heavy atom. The Kier molecular flexibility index (Phi) is 3.81. The van der Waals surface area contributed by atoms with E-state index in [0.29, 0.717) is 12.2 Å². The van der Waals surface area contributed by atoms with Gasteiger partial charge in [0, 0.05) is 11.4 Å². The second-order valence-corrected chi connectivity index (χ2v) is 7.20. The molecule has 104 valence electrons. The minimum atomic E-state index is -0.861. The normalized spacial score (nSPS) is 25.8. The van der Waals surface area contributed by atoms with Crippen molar-refractivity contribution in [3.05, 3.63) is 29.8 Å². The third-order valence-corrected chi connectivity index (χ3v) is 5.12. The number of carboxylic acids is 1. The van der Waals surface area contributed by atoms with E-state index in [4.69, 9.17) is 0 Å². The summed E-state index contributed by atoms with van der Waals surface area (Å²) in [6, 6.07) is 7.90. The van der Waals surface area contributed by atoms with Gasteiger partial charge in [0.15, 0.2) is 0 Å². The molecule has 0 spiro atoms. The maximum absolute atomic E-state index is 11.8. The van der Waals surface area contributed by atoms with Crippen molar-refractivity contribution in [1.82, 2.24) is 0 Å². The van der Waals surface area contributed by atoms with Gasteiger partial charge in [0.2, 0.25) is 0 Å². The van der Waals surface area contributed by atoms with E-state index in [0.717, 1.165) is 17.0 Å². The number of hydrogen-bond donors (Lipinski definition) is 2. The number of rotatable bonds is 3. The highest BCUT2D eigenvalue weighted by atomic mass is 32.2. The van der Waals surface area contributed by atoms with E-state index in [1.165, 1.54) is 0 Å². The van der Waals surface area contributed by atoms with Crippen LogP contribution in [0.1, 0.15) is 25.8 Å². The molecule has 1 aliphatic rings. The monoisotopic (exact) mass is 279 g/mol. The van der Waals surface area contributed by atoms with E-state index in [2.05, 4.69) is 19.2 Å². The van der Waals surface area contributed by atoms with Crippen molar-refractivity contribution in [3.63, 3.8) is 0 Å². The lowest BCUT2D eigenvalue weighted by Gasteiger charge is -2.42. The van der Waals surface area contributed by atoms with Gasteiger partial charge < -0.3 is 10.4 Å². The van der Waals surface area contributed by atoms with Crippen molar-refractivity contribution in [2.24, 2.45) is 5.41 Å². The van der Waals surface area contributed by atoms with E-state index in [1.54, 1.807) is 11.8 Å². The molecule has 1 unspecified atom stereocenters. The fraction of sp³-hybridized carbons (Fsp3) is 0.533. The average Bonchev–Trinajstić information content (AvgIpc) is 2.27. The number of benzene rings is 1. The molecule has 1 aromatic rings. The second kappa shape index (κ2) is 5.08. The summed E-state index contributed by atoms with van der Waals surface area (Å²) < 4.78 is 0. The van der Waals surface area contributed by atoms with Crippen LogP contribution in [-0.2, 0) is 4.79 Å². The van der Waals surface area contributed by atoms with Gasteiger partial charge >= 0.3 is 5.97 Å². The molecule has 0 radical (unpaired) electrons. The maximum Gasteiger partial charge on any atom is 0.330 e. The van der Waals surface area contributed by atoms with Gasteiger partial charge in [-0.15, -0.1) is 0 Å². The third kappa shape index (κ3) is 3.24. The first-order chi connectivity index (χ1) is 8.83. The Morgan fingerprint density at radius 3 is 2.68 bits per heavy atom. The lowest BCUT2D eigenvalue weighted by molar-refractivity contribution is -0.142. The third-order valence-electron chi connectivity index (χ3n) is 3.43. The Balaban J connectivity index is 2.28. The summed E-state index contributed by atoms with van der Waals surface area (Å²) in [6.07, 6.45) is 0.649. The van der Waals surface area contributed by atoms with Gasteiger partial charge in [-0.25, -0.2) is 4.79 Å². The standard InChI is InChI=1S/C15H21NO2S/c1-11-5-4-6-12(7-11)16-15(13(17)18)8-14(2,3)9-19-10-15/h4-7,16H,8-10H2,1-3H3,(H,17,18). The molecular formula is C15H21NO2S. The first-order valence-electron chi connectivity index (χ1n) is 6.49. The van der Waals surface area contributed by atoms with Crippen LogP contribution >= 0.6 is 11.8 Å². The molecular weight excluding hydrogens is 258 g/mol. The van der Waals surface area contributed by atoms with Crippen LogP contribution in [0.3, 0.4) is 0 Å². The minimum absolute atomic E-state index is 0.0398. The van der Waals surface area contributed by atoms with Crippen molar-refractivity contribution in [1.29, 1.82) is 0 Å². The quantitative estimate of drug-likeness (QED) is 0.890. The highest BCUT2D eigenvalue weighted by Gasteiger charge is 2.46. The average molecular weight is 279 g/mol. The summed E-state index contributed by atoms with van der Waals surface area (Å²) in [6.45, 7) is 6.28. The molecule has 0 saturated carbocycles. The molecule has 1 aromatic carbocycles. The summed E-state index contributed by atoms with van der Waals surface area (Å²) >= 11 is 1.72. The zero-order chi connectivity index (χ0) is 14.1. The number of aliphatic carboxylic acids is 1. The fourth-order valence-corrected chi connectivity index (χ4v) is 4.09. The smallest absolute Gasteiger partial charge is 0.330 e. The van der Waals surface area contributed by atoms with Crippen molar-refractivity contribution in [2.45, 2.75) is 32.7 Å². The molecule has 0 amide bonds. The molecule has 2 N–H and O–H groups in total. The summed E-state index contributed by atoms with van der Waals surface area (Å²) in [4.78, 5) is 11.8. The van der Waals surface area contributed by atoms with Crippen molar-refractivity contribution >= 4 is 23.4 Å². The van der Waals surface area contributed by atoms with Crippen LogP contribution in [-0.4, -0.2) is 28.1 Å². The summed E-state index contributed by atoms with van der Waals surface area (Å²) in [5, 5.41) is 12.9. The van der Waals surface area contributed by atoms with Crippen LogP contribution in [0.5, 0.6) is 0 Å².